The van der Waals surface area contributed by atoms with Crippen molar-refractivity contribution in [1.29, 1.82) is 0 Å². The summed E-state index contributed by atoms with van der Waals surface area (Å²) >= 11 is 0. The molecule has 1 fully saturated rings. The van der Waals surface area contributed by atoms with Crippen molar-refractivity contribution < 1.29 is 19.0 Å². The van der Waals surface area contributed by atoms with Crippen molar-refractivity contribution >= 4 is 11.6 Å². The molecular weight excluding hydrogens is 476 g/mol. The molecule has 0 spiro atoms. The second-order valence-corrected chi connectivity index (χ2v) is 10.2. The number of amides is 1. The number of methoxy groups -OCH3 is 2. The van der Waals surface area contributed by atoms with E-state index in [4.69, 9.17) is 14.2 Å². The predicted molar refractivity (Wildman–Crippen MR) is 152 cm³/mol. The van der Waals surface area contributed by atoms with E-state index in [2.05, 4.69) is 46.6 Å². The van der Waals surface area contributed by atoms with Gasteiger partial charge < -0.3 is 24.4 Å². The van der Waals surface area contributed by atoms with Crippen LogP contribution in [0.1, 0.15) is 56.3 Å². The fourth-order valence-corrected chi connectivity index (χ4v) is 4.93. The molecule has 38 heavy (non-hydrogen) atoms. The summed E-state index contributed by atoms with van der Waals surface area (Å²) in [5.74, 6) is 2.69. The Hall–Kier alpha value is -3.51. The number of hydrogen-bond donors (Lipinski definition) is 1. The first-order chi connectivity index (χ1) is 18.5. The molecule has 6 heteroatoms. The van der Waals surface area contributed by atoms with Crippen molar-refractivity contribution in [2.75, 3.05) is 39.2 Å². The van der Waals surface area contributed by atoms with Crippen molar-refractivity contribution in [2.24, 2.45) is 5.92 Å². The summed E-state index contributed by atoms with van der Waals surface area (Å²) in [6.45, 7) is 6.91. The van der Waals surface area contributed by atoms with E-state index in [0.29, 0.717) is 17.4 Å². The Kier molecular flexibility index (Phi) is 9.66. The minimum atomic E-state index is -0.0550. The van der Waals surface area contributed by atoms with Gasteiger partial charge in [-0.3, -0.25) is 4.79 Å². The van der Waals surface area contributed by atoms with Crippen LogP contribution in [-0.2, 0) is 4.79 Å². The quantitative estimate of drug-likeness (QED) is 0.308. The van der Waals surface area contributed by atoms with E-state index in [1.54, 1.807) is 14.2 Å². The number of carbonyl (C=O) groups is 1. The fraction of sp³-hybridized carbons (Fsp3) is 0.406. The third-order valence-corrected chi connectivity index (χ3v) is 7.27. The van der Waals surface area contributed by atoms with Crippen LogP contribution in [0.3, 0.4) is 0 Å². The Labute approximate surface area is 226 Å². The zero-order valence-corrected chi connectivity index (χ0v) is 23.0. The molecule has 202 valence electrons. The van der Waals surface area contributed by atoms with Crippen LogP contribution < -0.4 is 19.5 Å². The first-order valence-corrected chi connectivity index (χ1v) is 13.5. The molecule has 0 saturated carbocycles. The zero-order chi connectivity index (χ0) is 26.9. The maximum atomic E-state index is 12.0. The Morgan fingerprint density at radius 1 is 0.921 bits per heavy atom. The number of ether oxygens (including phenoxy) is 3. The molecule has 1 amide bonds. The van der Waals surface area contributed by atoms with Crippen molar-refractivity contribution in [3.05, 3.63) is 83.9 Å². The first-order valence-electron chi connectivity index (χ1n) is 13.5. The highest BCUT2D eigenvalue weighted by atomic mass is 16.5. The van der Waals surface area contributed by atoms with Crippen LogP contribution in [-0.4, -0.2) is 44.7 Å². The molecule has 0 bridgehead atoms. The van der Waals surface area contributed by atoms with Gasteiger partial charge in [0.1, 0.15) is 11.9 Å². The maximum Gasteiger partial charge on any atom is 0.226 e. The average molecular weight is 517 g/mol. The lowest BCUT2D eigenvalue weighted by molar-refractivity contribution is -0.118. The van der Waals surface area contributed by atoms with Gasteiger partial charge in [0.2, 0.25) is 5.91 Å². The second kappa shape index (κ2) is 13.3. The van der Waals surface area contributed by atoms with Crippen molar-refractivity contribution in [2.45, 2.75) is 45.1 Å². The zero-order valence-electron chi connectivity index (χ0n) is 23.0. The van der Waals surface area contributed by atoms with Gasteiger partial charge in [0.05, 0.1) is 14.2 Å². The third kappa shape index (κ3) is 7.29. The predicted octanol–water partition coefficient (Wildman–Crippen LogP) is 6.69. The molecule has 4 rings (SSSR count). The van der Waals surface area contributed by atoms with Gasteiger partial charge in [-0.15, -0.1) is 0 Å². The van der Waals surface area contributed by atoms with Crippen LogP contribution in [0.5, 0.6) is 17.2 Å². The average Bonchev–Trinajstić information content (AvgIpc) is 2.96. The minimum Gasteiger partial charge on any atom is -0.493 e. The van der Waals surface area contributed by atoms with Crippen LogP contribution in [0.4, 0.5) is 5.69 Å². The Morgan fingerprint density at radius 2 is 1.61 bits per heavy atom. The van der Waals surface area contributed by atoms with E-state index in [9.17, 15) is 4.79 Å². The number of anilines is 1. The number of carbonyl (C=O) groups excluding carboxylic acids is 1. The van der Waals surface area contributed by atoms with E-state index in [1.807, 2.05) is 50.2 Å². The number of nitrogens with zero attached hydrogens (tertiary/aromatic N) is 1. The molecule has 0 aliphatic carbocycles. The molecule has 1 unspecified atom stereocenters. The largest absolute Gasteiger partial charge is 0.493 e. The smallest absolute Gasteiger partial charge is 0.226 e. The van der Waals surface area contributed by atoms with Gasteiger partial charge in [-0.25, -0.2) is 0 Å². The highest BCUT2D eigenvalue weighted by Crippen LogP contribution is 2.34. The van der Waals surface area contributed by atoms with Crippen molar-refractivity contribution in [3.63, 3.8) is 0 Å². The summed E-state index contributed by atoms with van der Waals surface area (Å²) in [7, 11) is 3.27. The normalized spacial score (nSPS) is 15.2. The summed E-state index contributed by atoms with van der Waals surface area (Å²) in [5, 5.41) is 2.98. The Balaban J connectivity index is 1.33. The highest BCUT2D eigenvalue weighted by molar-refractivity contribution is 5.92. The highest BCUT2D eigenvalue weighted by Gasteiger charge is 2.23. The van der Waals surface area contributed by atoms with Gasteiger partial charge in [-0.2, -0.15) is 0 Å². The number of rotatable bonds is 11. The van der Waals surface area contributed by atoms with Gasteiger partial charge in [-0.1, -0.05) is 56.3 Å². The molecule has 1 aliphatic rings. The molecule has 0 aromatic heterocycles. The third-order valence-electron chi connectivity index (χ3n) is 7.27. The van der Waals surface area contributed by atoms with Crippen LogP contribution in [0.25, 0.3) is 0 Å². The number of nitrogens with one attached hydrogen (secondary N) is 1. The summed E-state index contributed by atoms with van der Waals surface area (Å²) < 4.78 is 17.3. The number of likely N-dealkylation sites (tertiary alicyclic amines) is 1. The molecule has 0 radical (unpaired) electrons. The molecule has 1 atom stereocenters. The molecule has 3 aromatic carbocycles. The first kappa shape index (κ1) is 27.5. The Morgan fingerprint density at radius 3 is 2.24 bits per heavy atom. The standard InChI is InChI=1S/C32H40N2O4/c1-23(2)32(35)33-27-12-10-24(11-13-27)25-16-19-34(20-17-25)21-18-29(26-8-6-5-7-9-26)38-28-14-15-30(36-3)31(22-28)37-4/h5-15,22-23,25,29H,16-21H2,1-4H3,(H,33,35). The van der Waals surface area contributed by atoms with Gasteiger partial charge in [-0.05, 0) is 67.2 Å². The lowest BCUT2D eigenvalue weighted by atomic mass is 9.89. The molecule has 1 aliphatic heterocycles. The SMILES string of the molecule is COc1ccc(OC(CCN2CCC(c3ccc(NC(=O)C(C)C)cc3)CC2)c2ccccc2)cc1OC. The molecule has 6 nitrogen and oxygen atoms in total. The lowest BCUT2D eigenvalue weighted by Crippen LogP contribution is -2.34. The van der Waals surface area contributed by atoms with Gasteiger partial charge in [0.25, 0.3) is 0 Å². The van der Waals surface area contributed by atoms with Crippen molar-refractivity contribution in [1.82, 2.24) is 4.90 Å². The molecule has 1 saturated heterocycles. The summed E-state index contributed by atoms with van der Waals surface area (Å²) in [5.41, 5.74) is 3.39. The van der Waals surface area contributed by atoms with Gasteiger partial charge >= 0.3 is 0 Å². The van der Waals surface area contributed by atoms with Crippen molar-refractivity contribution in [3.8, 4) is 17.2 Å². The topological polar surface area (TPSA) is 60.0 Å². The molecular formula is C32H40N2O4. The monoisotopic (exact) mass is 516 g/mol. The van der Waals surface area contributed by atoms with Gasteiger partial charge in [0.15, 0.2) is 11.5 Å². The molecule has 1 heterocycles. The second-order valence-electron chi connectivity index (χ2n) is 10.2. The van der Waals surface area contributed by atoms with E-state index >= 15 is 0 Å². The molecule has 1 N–H and O–H groups in total. The minimum absolute atomic E-state index is 0.0232. The van der Waals surface area contributed by atoms with Crippen LogP contribution in [0, 0.1) is 5.92 Å². The van der Waals surface area contributed by atoms with Gasteiger partial charge in [0, 0.05) is 30.6 Å². The van der Waals surface area contributed by atoms with E-state index in [0.717, 1.165) is 50.3 Å². The number of hydrogen-bond acceptors (Lipinski definition) is 5. The fourth-order valence-electron chi connectivity index (χ4n) is 4.93. The Bertz CT molecular complexity index is 1160. The maximum absolute atomic E-state index is 12.0. The number of piperidine rings is 1. The van der Waals surface area contributed by atoms with E-state index in [1.165, 1.54) is 11.1 Å². The number of benzene rings is 3. The van der Waals surface area contributed by atoms with Crippen LogP contribution in [0.2, 0.25) is 0 Å². The van der Waals surface area contributed by atoms with Crippen LogP contribution >= 0.6 is 0 Å². The summed E-state index contributed by atoms with van der Waals surface area (Å²) in [6, 6.07) is 24.5. The summed E-state index contributed by atoms with van der Waals surface area (Å²) in [6.07, 6.45) is 3.10. The van der Waals surface area contributed by atoms with E-state index < -0.39 is 0 Å². The summed E-state index contributed by atoms with van der Waals surface area (Å²) in [4.78, 5) is 14.5. The molecule has 3 aromatic rings. The van der Waals surface area contributed by atoms with E-state index in [-0.39, 0.29) is 17.9 Å². The van der Waals surface area contributed by atoms with Crippen LogP contribution in [0.15, 0.2) is 72.8 Å². The lowest BCUT2D eigenvalue weighted by Gasteiger charge is -2.33.